The van der Waals surface area contributed by atoms with Crippen molar-refractivity contribution in [1.29, 1.82) is 0 Å². The van der Waals surface area contributed by atoms with Crippen molar-refractivity contribution in [2.45, 2.75) is 43.2 Å². The van der Waals surface area contributed by atoms with E-state index in [1.807, 2.05) is 0 Å². The molecule has 0 amide bonds. The SMILES string of the molecule is C[C@@H](N)[C@H]1CCCCN1S(=O)(=O)c1ccc(F)cc1Cl. The predicted molar refractivity (Wildman–Crippen MR) is 76.6 cm³/mol. The van der Waals surface area contributed by atoms with Crippen LogP contribution in [0.15, 0.2) is 23.1 Å². The van der Waals surface area contributed by atoms with Crippen LogP contribution in [0.3, 0.4) is 0 Å². The van der Waals surface area contributed by atoms with E-state index in [4.69, 9.17) is 17.3 Å². The molecule has 1 aromatic carbocycles. The summed E-state index contributed by atoms with van der Waals surface area (Å²) in [5.74, 6) is -0.559. The van der Waals surface area contributed by atoms with Gasteiger partial charge in [0, 0.05) is 18.6 Å². The fourth-order valence-electron chi connectivity index (χ4n) is 2.57. The maximum absolute atomic E-state index is 13.1. The zero-order valence-corrected chi connectivity index (χ0v) is 12.8. The molecule has 1 fully saturated rings. The topological polar surface area (TPSA) is 63.4 Å². The van der Waals surface area contributed by atoms with Gasteiger partial charge in [0.05, 0.1) is 5.02 Å². The van der Waals surface area contributed by atoms with Crippen molar-refractivity contribution >= 4 is 21.6 Å². The van der Waals surface area contributed by atoms with Crippen LogP contribution in [0.25, 0.3) is 0 Å². The summed E-state index contributed by atoms with van der Waals surface area (Å²) in [4.78, 5) is -0.0619. The predicted octanol–water partition coefficient (Wildman–Crippen LogP) is 2.37. The van der Waals surface area contributed by atoms with Crippen LogP contribution in [-0.4, -0.2) is 31.4 Å². The molecule has 7 heteroatoms. The average Bonchev–Trinajstić information content (AvgIpc) is 2.38. The highest BCUT2D eigenvalue weighted by Gasteiger charge is 2.36. The largest absolute Gasteiger partial charge is 0.326 e. The summed E-state index contributed by atoms with van der Waals surface area (Å²) >= 11 is 5.88. The zero-order valence-electron chi connectivity index (χ0n) is 11.2. The van der Waals surface area contributed by atoms with Crippen LogP contribution in [0.2, 0.25) is 5.02 Å². The van der Waals surface area contributed by atoms with E-state index in [9.17, 15) is 12.8 Å². The molecule has 0 unspecified atom stereocenters. The molecule has 1 aromatic rings. The van der Waals surface area contributed by atoms with Crippen LogP contribution < -0.4 is 5.73 Å². The number of rotatable bonds is 3. The van der Waals surface area contributed by atoms with E-state index in [1.54, 1.807) is 6.92 Å². The minimum Gasteiger partial charge on any atom is -0.326 e. The van der Waals surface area contributed by atoms with Crippen LogP contribution in [0.5, 0.6) is 0 Å². The molecule has 1 saturated heterocycles. The zero-order chi connectivity index (χ0) is 14.9. The Morgan fingerprint density at radius 2 is 2.15 bits per heavy atom. The molecule has 1 heterocycles. The number of nitrogens with zero attached hydrogens (tertiary/aromatic N) is 1. The number of hydrogen-bond donors (Lipinski definition) is 1. The molecule has 0 saturated carbocycles. The van der Waals surface area contributed by atoms with E-state index >= 15 is 0 Å². The van der Waals surface area contributed by atoms with Gasteiger partial charge < -0.3 is 5.73 Å². The van der Waals surface area contributed by atoms with E-state index in [0.29, 0.717) is 6.54 Å². The van der Waals surface area contributed by atoms with Gasteiger partial charge in [-0.05, 0) is 38.0 Å². The molecule has 2 rings (SSSR count). The normalized spacial score (nSPS) is 22.7. The van der Waals surface area contributed by atoms with Crippen molar-refractivity contribution in [3.8, 4) is 0 Å². The van der Waals surface area contributed by atoms with Gasteiger partial charge in [0.25, 0.3) is 0 Å². The maximum Gasteiger partial charge on any atom is 0.244 e. The summed E-state index contributed by atoms with van der Waals surface area (Å²) in [5.41, 5.74) is 5.90. The highest BCUT2D eigenvalue weighted by atomic mass is 35.5. The molecule has 4 nitrogen and oxygen atoms in total. The number of hydrogen-bond acceptors (Lipinski definition) is 3. The van der Waals surface area contributed by atoms with Gasteiger partial charge in [0.15, 0.2) is 0 Å². The van der Waals surface area contributed by atoms with Crippen LogP contribution in [0, 0.1) is 5.82 Å². The minimum absolute atomic E-state index is 0.0619. The Hall–Kier alpha value is -0.690. The van der Waals surface area contributed by atoms with Crippen LogP contribution >= 0.6 is 11.6 Å². The molecule has 0 aromatic heterocycles. The first-order valence-corrected chi connectivity index (χ1v) is 8.38. The van der Waals surface area contributed by atoms with Crippen molar-refractivity contribution in [2.24, 2.45) is 5.73 Å². The molecule has 0 radical (unpaired) electrons. The lowest BCUT2D eigenvalue weighted by Gasteiger charge is -2.37. The van der Waals surface area contributed by atoms with Gasteiger partial charge in [-0.15, -0.1) is 0 Å². The Balaban J connectivity index is 2.42. The number of piperidine rings is 1. The second-order valence-corrected chi connectivity index (χ2v) is 7.38. The monoisotopic (exact) mass is 320 g/mol. The van der Waals surface area contributed by atoms with Crippen LogP contribution in [-0.2, 0) is 10.0 Å². The van der Waals surface area contributed by atoms with E-state index < -0.39 is 15.8 Å². The third-order valence-electron chi connectivity index (χ3n) is 3.59. The lowest BCUT2D eigenvalue weighted by atomic mass is 10.00. The van der Waals surface area contributed by atoms with Crippen LogP contribution in [0.4, 0.5) is 4.39 Å². The molecule has 0 bridgehead atoms. The Kier molecular flexibility index (Phi) is 4.69. The average molecular weight is 321 g/mol. The van der Waals surface area contributed by atoms with E-state index in [-0.39, 0.29) is 22.0 Å². The van der Waals surface area contributed by atoms with Gasteiger partial charge in [0.2, 0.25) is 10.0 Å². The highest BCUT2D eigenvalue weighted by Crippen LogP contribution is 2.30. The smallest absolute Gasteiger partial charge is 0.244 e. The molecule has 2 atom stereocenters. The number of sulfonamides is 1. The van der Waals surface area contributed by atoms with Crippen molar-refractivity contribution in [3.05, 3.63) is 29.0 Å². The minimum atomic E-state index is -3.75. The lowest BCUT2D eigenvalue weighted by molar-refractivity contribution is 0.227. The third-order valence-corrected chi connectivity index (χ3v) is 5.99. The molecule has 112 valence electrons. The highest BCUT2D eigenvalue weighted by molar-refractivity contribution is 7.89. The summed E-state index contributed by atoms with van der Waals surface area (Å²) in [5, 5.41) is -0.0982. The summed E-state index contributed by atoms with van der Waals surface area (Å²) in [6.45, 7) is 2.22. The summed E-state index contributed by atoms with van der Waals surface area (Å²) in [6, 6.07) is 2.82. The Morgan fingerprint density at radius 1 is 1.45 bits per heavy atom. The first-order valence-electron chi connectivity index (χ1n) is 6.56. The summed E-state index contributed by atoms with van der Waals surface area (Å²) < 4.78 is 39.9. The van der Waals surface area contributed by atoms with Gasteiger partial charge >= 0.3 is 0 Å². The van der Waals surface area contributed by atoms with Gasteiger partial charge in [-0.3, -0.25) is 0 Å². The van der Waals surface area contributed by atoms with Crippen molar-refractivity contribution < 1.29 is 12.8 Å². The molecule has 1 aliphatic rings. The van der Waals surface area contributed by atoms with Crippen molar-refractivity contribution in [1.82, 2.24) is 4.31 Å². The second-order valence-electron chi connectivity index (χ2n) is 5.11. The Bertz CT molecular complexity index is 592. The first-order chi connectivity index (χ1) is 9.34. The van der Waals surface area contributed by atoms with Crippen LogP contribution in [0.1, 0.15) is 26.2 Å². The number of benzene rings is 1. The van der Waals surface area contributed by atoms with Gasteiger partial charge in [-0.25, -0.2) is 12.8 Å². The van der Waals surface area contributed by atoms with Crippen molar-refractivity contribution in [2.75, 3.05) is 6.54 Å². The van der Waals surface area contributed by atoms with Gasteiger partial charge in [-0.1, -0.05) is 18.0 Å². The standard InChI is InChI=1S/C13H18ClFN2O2S/c1-9(16)12-4-2-3-7-17(12)20(18,19)13-6-5-10(15)8-11(13)14/h5-6,8-9,12H,2-4,7,16H2,1H3/t9-,12-/m1/s1. The maximum atomic E-state index is 13.1. The summed E-state index contributed by atoms with van der Waals surface area (Å²) in [6.07, 6.45) is 2.48. The molecular weight excluding hydrogens is 303 g/mol. The molecule has 0 aliphatic carbocycles. The quantitative estimate of drug-likeness (QED) is 0.930. The van der Waals surface area contributed by atoms with Gasteiger partial charge in [0.1, 0.15) is 10.7 Å². The fraction of sp³-hybridized carbons (Fsp3) is 0.538. The summed E-state index contributed by atoms with van der Waals surface area (Å²) in [7, 11) is -3.75. The second kappa shape index (κ2) is 5.97. The molecular formula is C13H18ClFN2O2S. The number of halogens is 2. The Labute approximate surface area is 123 Å². The fourth-order valence-corrected chi connectivity index (χ4v) is 4.85. The third kappa shape index (κ3) is 2.98. The first kappa shape index (κ1) is 15.7. The van der Waals surface area contributed by atoms with E-state index in [0.717, 1.165) is 31.4 Å². The van der Waals surface area contributed by atoms with E-state index in [2.05, 4.69) is 0 Å². The molecule has 0 spiro atoms. The molecule has 1 aliphatic heterocycles. The molecule has 20 heavy (non-hydrogen) atoms. The molecule has 2 N–H and O–H groups in total. The van der Waals surface area contributed by atoms with Gasteiger partial charge in [-0.2, -0.15) is 4.31 Å². The Morgan fingerprint density at radius 3 is 2.75 bits per heavy atom. The lowest BCUT2D eigenvalue weighted by Crippen LogP contribution is -2.51. The number of nitrogens with two attached hydrogens (primary N) is 1. The van der Waals surface area contributed by atoms with Crippen molar-refractivity contribution in [3.63, 3.8) is 0 Å². The van der Waals surface area contributed by atoms with E-state index in [1.165, 1.54) is 10.4 Å².